The minimum atomic E-state index is -0.776. The van der Waals surface area contributed by atoms with E-state index in [9.17, 15) is 14.7 Å². The molecule has 5 rings (SSSR count). The maximum Gasteiger partial charge on any atom is 0.314 e. The lowest BCUT2D eigenvalue weighted by Crippen LogP contribution is -2.47. The number of nitrogens with zero attached hydrogens (tertiary/aromatic N) is 1. The summed E-state index contributed by atoms with van der Waals surface area (Å²) in [4.78, 5) is 25.0. The van der Waals surface area contributed by atoms with Gasteiger partial charge in [0.25, 0.3) is 5.91 Å². The van der Waals surface area contributed by atoms with Gasteiger partial charge in [-0.25, -0.2) is 0 Å². The number of carboxylic acids is 1. The summed E-state index contributed by atoms with van der Waals surface area (Å²) in [6, 6.07) is 13.4. The highest BCUT2D eigenvalue weighted by Gasteiger charge is 2.52. The van der Waals surface area contributed by atoms with Crippen LogP contribution in [0.3, 0.4) is 0 Å². The molecule has 1 atom stereocenters. The van der Waals surface area contributed by atoms with E-state index in [0.29, 0.717) is 43.2 Å². The molecule has 32 heavy (non-hydrogen) atoms. The third-order valence-electron chi connectivity index (χ3n) is 7.11. The van der Waals surface area contributed by atoms with Crippen LogP contribution in [-0.4, -0.2) is 34.8 Å². The first-order valence-electron chi connectivity index (χ1n) is 10.8. The lowest BCUT2D eigenvalue weighted by molar-refractivity contribution is -0.140. The van der Waals surface area contributed by atoms with Gasteiger partial charge in [0.1, 0.15) is 5.69 Å². The molecule has 1 saturated carbocycles. The Morgan fingerprint density at radius 1 is 1.09 bits per heavy atom. The lowest BCUT2D eigenvalue weighted by Gasteiger charge is -2.30. The molecule has 1 amide bonds. The number of benzene rings is 2. The molecule has 1 aromatic heterocycles. The topological polar surface area (TPSA) is 80.6 Å². The molecule has 1 aliphatic heterocycles. The van der Waals surface area contributed by atoms with Crippen LogP contribution in [0.4, 0.5) is 0 Å². The van der Waals surface area contributed by atoms with Crippen LogP contribution in [0.2, 0.25) is 5.02 Å². The van der Waals surface area contributed by atoms with Gasteiger partial charge in [-0.15, -0.1) is 0 Å². The van der Waals surface area contributed by atoms with Crippen molar-refractivity contribution in [3.05, 3.63) is 69.9 Å². The van der Waals surface area contributed by atoms with Gasteiger partial charge in [-0.1, -0.05) is 41.9 Å². The van der Waals surface area contributed by atoms with Crippen molar-refractivity contribution in [1.29, 1.82) is 0 Å². The van der Waals surface area contributed by atoms with E-state index in [4.69, 9.17) is 16.3 Å². The van der Waals surface area contributed by atoms with Crippen LogP contribution < -0.4 is 5.32 Å². The number of fused-ring (bicyclic) bond motifs is 1. The van der Waals surface area contributed by atoms with E-state index in [1.165, 1.54) is 0 Å². The van der Waals surface area contributed by atoms with Crippen LogP contribution in [-0.2, 0) is 27.5 Å². The van der Waals surface area contributed by atoms with Crippen LogP contribution in [0, 0.1) is 6.92 Å². The van der Waals surface area contributed by atoms with Crippen molar-refractivity contribution in [2.75, 3.05) is 13.2 Å². The number of ether oxygens (including phenoxy) is 1. The Labute approximate surface area is 191 Å². The first kappa shape index (κ1) is 21.0. The Hall–Kier alpha value is -2.83. The molecule has 1 aliphatic carbocycles. The maximum atomic E-state index is 13.4. The Bertz CT molecular complexity index is 1240. The predicted molar refractivity (Wildman–Crippen MR) is 122 cm³/mol. The highest BCUT2D eigenvalue weighted by molar-refractivity contribution is 6.36. The van der Waals surface area contributed by atoms with Crippen molar-refractivity contribution in [3.8, 4) is 0 Å². The second-order valence-electron chi connectivity index (χ2n) is 9.02. The van der Waals surface area contributed by atoms with Crippen molar-refractivity contribution in [1.82, 2.24) is 9.88 Å². The molecular formula is C25H25ClN2O4. The van der Waals surface area contributed by atoms with Crippen molar-refractivity contribution in [2.24, 2.45) is 7.05 Å². The number of amides is 1. The van der Waals surface area contributed by atoms with Crippen molar-refractivity contribution >= 4 is 34.4 Å². The molecule has 2 aromatic carbocycles. The fourth-order valence-corrected chi connectivity index (χ4v) is 5.02. The van der Waals surface area contributed by atoms with Gasteiger partial charge in [-0.05, 0) is 48.6 Å². The van der Waals surface area contributed by atoms with Gasteiger partial charge >= 0.3 is 5.97 Å². The van der Waals surface area contributed by atoms with E-state index in [0.717, 1.165) is 27.6 Å². The number of carbonyl (C=O) groups excluding carboxylic acids is 1. The number of aryl methyl sites for hydroxylation is 2. The van der Waals surface area contributed by atoms with Crippen molar-refractivity contribution < 1.29 is 19.4 Å². The summed E-state index contributed by atoms with van der Waals surface area (Å²) in [7, 11) is 1.86. The molecule has 166 valence electrons. The minimum Gasteiger partial charge on any atom is -0.481 e. The Balaban J connectivity index is 1.47. The SMILES string of the molecule is Cc1ccc2c(cc(C(=O)NC3(c4ccc(C5(C(=O)O)CC5)cc4)CCOC3)n2C)c1Cl. The summed E-state index contributed by atoms with van der Waals surface area (Å²) < 4.78 is 7.54. The van der Waals surface area contributed by atoms with Crippen LogP contribution in [0.15, 0.2) is 42.5 Å². The van der Waals surface area contributed by atoms with Crippen LogP contribution in [0.25, 0.3) is 10.9 Å². The molecule has 2 N–H and O–H groups in total. The lowest BCUT2D eigenvalue weighted by atomic mass is 9.86. The second kappa shape index (κ2) is 7.36. The summed E-state index contributed by atoms with van der Waals surface area (Å²) in [5.41, 5.74) is 2.71. The maximum absolute atomic E-state index is 13.4. The summed E-state index contributed by atoms with van der Waals surface area (Å²) >= 11 is 6.48. The first-order chi connectivity index (χ1) is 15.3. The van der Waals surface area contributed by atoms with E-state index in [2.05, 4.69) is 5.32 Å². The third kappa shape index (κ3) is 3.12. The van der Waals surface area contributed by atoms with Gasteiger partial charge in [-0.3, -0.25) is 9.59 Å². The summed E-state index contributed by atoms with van der Waals surface area (Å²) in [5.74, 6) is -0.974. The number of rotatable bonds is 5. The molecule has 2 heterocycles. The molecule has 7 heteroatoms. The molecule has 0 radical (unpaired) electrons. The van der Waals surface area contributed by atoms with Crippen LogP contribution in [0.1, 0.15) is 46.4 Å². The summed E-state index contributed by atoms with van der Waals surface area (Å²) in [5, 5.41) is 14.3. The average molecular weight is 453 g/mol. The second-order valence-corrected chi connectivity index (χ2v) is 9.40. The standard InChI is InChI=1S/C25H25ClN2O4/c1-15-3-8-19-18(21(15)26)13-20(28(19)2)22(29)27-25(11-12-32-14-25)17-6-4-16(5-7-17)24(9-10-24)23(30)31/h3-8,13H,9-12,14H2,1-2H3,(H,27,29)(H,30,31). The van der Waals surface area contributed by atoms with Gasteiger partial charge in [0.15, 0.2) is 0 Å². The Morgan fingerprint density at radius 2 is 1.78 bits per heavy atom. The molecular weight excluding hydrogens is 428 g/mol. The first-order valence-corrected chi connectivity index (χ1v) is 11.1. The predicted octanol–water partition coefficient (Wildman–Crippen LogP) is 4.30. The average Bonchev–Trinajstić information content (AvgIpc) is 3.35. The van der Waals surface area contributed by atoms with Gasteiger partial charge in [0, 0.05) is 31.0 Å². The monoisotopic (exact) mass is 452 g/mol. The summed E-state index contributed by atoms with van der Waals surface area (Å²) in [6.07, 6.45) is 1.97. The van der Waals surface area contributed by atoms with Crippen molar-refractivity contribution in [3.63, 3.8) is 0 Å². The molecule has 3 aromatic rings. The number of carbonyl (C=O) groups is 2. The zero-order valence-electron chi connectivity index (χ0n) is 18.1. The summed E-state index contributed by atoms with van der Waals surface area (Å²) in [6.45, 7) is 2.85. The quantitative estimate of drug-likeness (QED) is 0.604. The van der Waals surface area contributed by atoms with Crippen LogP contribution in [0.5, 0.6) is 0 Å². The molecule has 2 fully saturated rings. The fraction of sp³-hybridized carbons (Fsp3) is 0.360. The Morgan fingerprint density at radius 3 is 2.38 bits per heavy atom. The van der Waals surface area contributed by atoms with Gasteiger partial charge in [-0.2, -0.15) is 0 Å². The number of hydrogen-bond acceptors (Lipinski definition) is 3. The number of hydrogen-bond donors (Lipinski definition) is 2. The van der Waals surface area contributed by atoms with Crippen LogP contribution >= 0.6 is 11.6 Å². The number of aliphatic carboxylic acids is 1. The molecule has 1 saturated heterocycles. The number of carboxylic acid groups (broad SMARTS) is 1. The molecule has 0 spiro atoms. The molecule has 0 bridgehead atoms. The van der Waals surface area contributed by atoms with Gasteiger partial charge in [0.2, 0.25) is 0 Å². The number of nitrogens with one attached hydrogen (secondary N) is 1. The van der Waals surface area contributed by atoms with E-state index >= 15 is 0 Å². The third-order valence-corrected chi connectivity index (χ3v) is 7.61. The zero-order valence-corrected chi connectivity index (χ0v) is 18.8. The van der Waals surface area contributed by atoms with E-state index < -0.39 is 16.9 Å². The molecule has 2 aliphatic rings. The largest absolute Gasteiger partial charge is 0.481 e. The van der Waals surface area contributed by atoms with E-state index in [-0.39, 0.29) is 5.91 Å². The highest BCUT2D eigenvalue weighted by atomic mass is 35.5. The normalized spacial score (nSPS) is 21.6. The van der Waals surface area contributed by atoms with Crippen molar-refractivity contribution in [2.45, 2.75) is 37.1 Å². The van der Waals surface area contributed by atoms with Gasteiger partial charge in [0.05, 0.1) is 22.6 Å². The number of aromatic nitrogens is 1. The minimum absolute atomic E-state index is 0.198. The number of halogens is 1. The molecule has 6 nitrogen and oxygen atoms in total. The smallest absolute Gasteiger partial charge is 0.314 e. The highest BCUT2D eigenvalue weighted by Crippen LogP contribution is 2.48. The zero-order chi connectivity index (χ0) is 22.7. The fourth-order valence-electron chi connectivity index (χ4n) is 4.81. The Kier molecular flexibility index (Phi) is 4.84. The van der Waals surface area contributed by atoms with E-state index in [1.54, 1.807) is 0 Å². The van der Waals surface area contributed by atoms with E-state index in [1.807, 2.05) is 61.0 Å². The molecule has 1 unspecified atom stereocenters. The van der Waals surface area contributed by atoms with Gasteiger partial charge < -0.3 is 19.7 Å².